The van der Waals surface area contributed by atoms with Crippen LogP contribution in [-0.4, -0.2) is 31.0 Å². The van der Waals surface area contributed by atoms with Crippen molar-refractivity contribution < 1.29 is 0 Å². The molecule has 12 aromatic rings. The van der Waals surface area contributed by atoms with Gasteiger partial charge < -0.3 is 0 Å². The predicted molar refractivity (Wildman–Crippen MR) is 248 cm³/mol. The third-order valence-corrected chi connectivity index (χ3v) is 17.1. The van der Waals surface area contributed by atoms with Gasteiger partial charge in [0.05, 0.1) is 61.9 Å². The average molecular weight is 796 g/mol. The summed E-state index contributed by atoms with van der Waals surface area (Å²) in [7, 11) is -3.08. The summed E-state index contributed by atoms with van der Waals surface area (Å²) in [5.74, 6) is 0.794. The number of fused-ring (bicyclic) bond motifs is 10. The molecule has 7 nitrogen and oxygen atoms in total. The fraction of sp³-hybridized carbons (Fsp3) is 0. The Kier molecular flexibility index (Phi) is 7.54. The molecule has 0 N–H and O–H groups in total. The van der Waals surface area contributed by atoms with Crippen molar-refractivity contribution in [2.45, 2.75) is 0 Å². The molecule has 12 rings (SSSR count). The zero-order chi connectivity index (χ0) is 40.7. The quantitative estimate of drug-likeness (QED) is 0.125. The van der Waals surface area contributed by atoms with E-state index in [4.69, 9.17) is 4.98 Å². The molecule has 0 amide bonds. The number of nitriles is 2. The van der Waals surface area contributed by atoms with Gasteiger partial charge in [0.2, 0.25) is 5.78 Å². The van der Waals surface area contributed by atoms with E-state index in [1.54, 1.807) is 0 Å². The van der Waals surface area contributed by atoms with E-state index >= 15 is 0 Å². The number of benzene rings is 8. The lowest BCUT2D eigenvalue weighted by molar-refractivity contribution is 1.11. The SMILES string of the molecule is N#Cc1ccc2cc3n(-c4cccc([Si](c5ccccc5)(c5ccccc5)c5cccc(-n6c7ccccc7n7c8cc(C#N)ccc8nc67)c5)c4)c4ccccc4n3c2c1. The molecule has 0 unspecified atom stereocenters. The first-order valence-corrected chi connectivity index (χ1v) is 22.2. The van der Waals surface area contributed by atoms with Crippen molar-refractivity contribution in [3.63, 3.8) is 0 Å². The Morgan fingerprint density at radius 2 is 0.902 bits per heavy atom. The average Bonchev–Trinajstić information content (AvgIpc) is 4.06. The fourth-order valence-corrected chi connectivity index (χ4v) is 14.6. The van der Waals surface area contributed by atoms with Gasteiger partial charge in [-0.05, 0) is 106 Å². The van der Waals surface area contributed by atoms with E-state index in [0.717, 1.165) is 66.8 Å². The van der Waals surface area contributed by atoms with Crippen LogP contribution in [0.4, 0.5) is 0 Å². The molecular formula is C53H33N7Si. The number of aromatic nitrogens is 5. The molecule has 0 saturated heterocycles. The second kappa shape index (κ2) is 13.3. The summed E-state index contributed by atoms with van der Waals surface area (Å²) >= 11 is 0. The maximum atomic E-state index is 9.83. The molecular weight excluding hydrogens is 763 g/mol. The summed E-state index contributed by atoms with van der Waals surface area (Å²) in [6.07, 6.45) is 0. The summed E-state index contributed by atoms with van der Waals surface area (Å²) < 4.78 is 9.08. The van der Waals surface area contributed by atoms with Gasteiger partial charge in [-0.3, -0.25) is 17.9 Å². The largest absolute Gasteiger partial charge is 0.294 e. The Morgan fingerprint density at radius 1 is 0.393 bits per heavy atom. The second-order valence-electron chi connectivity index (χ2n) is 15.5. The lowest BCUT2D eigenvalue weighted by atomic mass is 10.2. The van der Waals surface area contributed by atoms with Crippen molar-refractivity contribution in [1.29, 1.82) is 10.5 Å². The van der Waals surface area contributed by atoms with E-state index < -0.39 is 8.07 Å². The molecule has 0 aliphatic heterocycles. The second-order valence-corrected chi connectivity index (χ2v) is 19.3. The normalized spacial score (nSPS) is 11.9. The fourth-order valence-electron chi connectivity index (χ4n) is 9.77. The minimum Gasteiger partial charge on any atom is -0.294 e. The molecule has 8 heteroatoms. The summed E-state index contributed by atoms with van der Waals surface area (Å²) in [5.41, 5.74) is 11.3. The minimum atomic E-state index is -3.08. The molecule has 4 heterocycles. The van der Waals surface area contributed by atoms with Crippen LogP contribution < -0.4 is 20.7 Å². The zero-order valence-electron chi connectivity index (χ0n) is 32.7. The van der Waals surface area contributed by atoms with Crippen LogP contribution in [-0.2, 0) is 0 Å². The van der Waals surface area contributed by atoms with Crippen LogP contribution in [0.3, 0.4) is 0 Å². The van der Waals surface area contributed by atoms with Crippen LogP contribution in [0.1, 0.15) is 11.1 Å². The first-order valence-electron chi connectivity index (χ1n) is 20.2. The van der Waals surface area contributed by atoms with Gasteiger partial charge in [-0.15, -0.1) is 0 Å². The van der Waals surface area contributed by atoms with Crippen molar-refractivity contribution in [3.8, 4) is 23.5 Å². The molecule has 0 bridgehead atoms. The first kappa shape index (κ1) is 34.6. The molecule has 0 saturated carbocycles. The number of imidazole rings is 3. The number of rotatable bonds is 6. The van der Waals surface area contributed by atoms with E-state index in [9.17, 15) is 10.5 Å². The van der Waals surface area contributed by atoms with Crippen LogP contribution in [0, 0.1) is 22.7 Å². The van der Waals surface area contributed by atoms with Crippen LogP contribution >= 0.6 is 0 Å². The van der Waals surface area contributed by atoms with Crippen LogP contribution in [0.15, 0.2) is 200 Å². The molecule has 284 valence electrons. The van der Waals surface area contributed by atoms with E-state index in [0.29, 0.717) is 11.1 Å². The highest BCUT2D eigenvalue weighted by Crippen LogP contribution is 2.33. The van der Waals surface area contributed by atoms with Crippen molar-refractivity contribution in [3.05, 3.63) is 211 Å². The molecule has 61 heavy (non-hydrogen) atoms. The van der Waals surface area contributed by atoms with E-state index in [1.807, 2.05) is 36.4 Å². The van der Waals surface area contributed by atoms with Gasteiger partial charge in [0.25, 0.3) is 0 Å². The Hall–Kier alpha value is -8.43. The van der Waals surface area contributed by atoms with E-state index in [1.165, 1.54) is 20.7 Å². The molecule has 0 aliphatic carbocycles. The smallest absolute Gasteiger partial charge is 0.220 e. The molecule has 0 atom stereocenters. The van der Waals surface area contributed by atoms with Crippen LogP contribution in [0.5, 0.6) is 0 Å². The topological polar surface area (TPSA) is 79.2 Å². The molecule has 8 aromatic carbocycles. The highest BCUT2D eigenvalue weighted by Gasteiger charge is 2.42. The molecule has 0 fully saturated rings. The Bertz CT molecular complexity index is 3550. The van der Waals surface area contributed by atoms with Crippen molar-refractivity contribution in [1.82, 2.24) is 22.9 Å². The van der Waals surface area contributed by atoms with Gasteiger partial charge in [0, 0.05) is 16.8 Å². The maximum absolute atomic E-state index is 9.83. The van der Waals surface area contributed by atoms with Crippen molar-refractivity contribution >= 4 is 84.2 Å². The third kappa shape index (κ3) is 4.98. The van der Waals surface area contributed by atoms with Gasteiger partial charge in [-0.2, -0.15) is 10.5 Å². The Balaban J connectivity index is 1.15. The molecule has 4 aromatic heterocycles. The van der Waals surface area contributed by atoms with Gasteiger partial charge in [-0.25, -0.2) is 4.98 Å². The molecule has 0 spiro atoms. The molecule has 0 aliphatic rings. The summed E-state index contributed by atoms with van der Waals surface area (Å²) in [6.45, 7) is 0. The highest BCUT2D eigenvalue weighted by atomic mass is 28.3. The lowest BCUT2D eigenvalue weighted by Crippen LogP contribution is -2.74. The van der Waals surface area contributed by atoms with Crippen LogP contribution in [0.2, 0.25) is 0 Å². The van der Waals surface area contributed by atoms with Crippen molar-refractivity contribution in [2.24, 2.45) is 0 Å². The third-order valence-electron chi connectivity index (χ3n) is 12.3. The zero-order valence-corrected chi connectivity index (χ0v) is 33.7. The molecule has 0 radical (unpaired) electrons. The number of hydrogen-bond donors (Lipinski definition) is 0. The van der Waals surface area contributed by atoms with Crippen LogP contribution in [0.25, 0.3) is 66.8 Å². The summed E-state index contributed by atoms with van der Waals surface area (Å²) in [6, 6.07) is 75.6. The van der Waals surface area contributed by atoms with E-state index in [2.05, 4.69) is 194 Å². The lowest BCUT2D eigenvalue weighted by Gasteiger charge is -2.35. The number of nitrogens with zero attached hydrogens (tertiary/aromatic N) is 7. The first-order chi connectivity index (χ1) is 30.1. The monoisotopic (exact) mass is 795 g/mol. The Labute approximate surface area is 351 Å². The minimum absolute atomic E-state index is 0.601. The summed E-state index contributed by atoms with van der Waals surface area (Å²) in [5, 5.41) is 25.7. The van der Waals surface area contributed by atoms with Gasteiger partial charge in [0.15, 0.2) is 8.07 Å². The highest BCUT2D eigenvalue weighted by molar-refractivity contribution is 7.20. The van der Waals surface area contributed by atoms with Gasteiger partial charge >= 0.3 is 0 Å². The standard InChI is InChI=1S/C53H33N7Si/c54-34-36-25-27-38-31-52-57(46-21-7-9-23-48(46)59(52)50(38)29-36)39-13-11-19-43(32-39)61(41-15-3-1-4-16-41,42-17-5-2-6-18-42)44-20-12-14-40(33-44)58-47-22-8-10-24-49(47)60-51-30-37(35-55)26-28-45(51)56-53(58)60/h1-33H. The van der Waals surface area contributed by atoms with Gasteiger partial charge in [-0.1, -0.05) is 115 Å². The maximum Gasteiger partial charge on any atom is 0.220 e. The number of para-hydroxylation sites is 4. The van der Waals surface area contributed by atoms with Crippen molar-refractivity contribution in [2.75, 3.05) is 0 Å². The predicted octanol–water partition coefficient (Wildman–Crippen LogP) is 8.90. The van der Waals surface area contributed by atoms with Gasteiger partial charge in [0.1, 0.15) is 5.65 Å². The number of hydrogen-bond acceptors (Lipinski definition) is 3. The Morgan fingerprint density at radius 3 is 1.52 bits per heavy atom. The van der Waals surface area contributed by atoms with E-state index in [-0.39, 0.29) is 0 Å². The summed E-state index contributed by atoms with van der Waals surface area (Å²) in [4.78, 5) is 5.19.